The molecule has 0 saturated heterocycles. The molecule has 0 aromatic heterocycles. The first-order chi connectivity index (χ1) is 11.0. The summed E-state index contributed by atoms with van der Waals surface area (Å²) in [5.41, 5.74) is 3.01. The molecule has 0 radical (unpaired) electrons. The van der Waals surface area contributed by atoms with Gasteiger partial charge in [0.15, 0.2) is 0 Å². The van der Waals surface area contributed by atoms with Crippen LogP contribution in [0.2, 0.25) is 0 Å². The standard InChI is InChI=1S/C23H22/c1-15-21(23(2,3)4)14-11-17-10-12-19-18-8-6-5-7-16(18)9-13-20(19)22(15)17/h5-14H,1-4H3. The summed E-state index contributed by atoms with van der Waals surface area (Å²) in [7, 11) is 0. The van der Waals surface area contributed by atoms with Crippen molar-refractivity contribution in [1.29, 1.82) is 0 Å². The van der Waals surface area contributed by atoms with Gasteiger partial charge in [-0.15, -0.1) is 0 Å². The molecule has 0 aliphatic heterocycles. The fourth-order valence-corrected chi connectivity index (χ4v) is 3.91. The van der Waals surface area contributed by atoms with Gasteiger partial charge < -0.3 is 0 Å². The number of aryl methyl sites for hydroxylation is 1. The second kappa shape index (κ2) is 4.83. The van der Waals surface area contributed by atoms with E-state index in [1.807, 2.05) is 0 Å². The monoisotopic (exact) mass is 298 g/mol. The summed E-state index contributed by atoms with van der Waals surface area (Å²) < 4.78 is 0. The fraction of sp³-hybridized carbons (Fsp3) is 0.217. The van der Waals surface area contributed by atoms with Crippen LogP contribution in [0, 0.1) is 6.92 Å². The first-order valence-corrected chi connectivity index (χ1v) is 8.31. The Bertz CT molecular complexity index is 1050. The van der Waals surface area contributed by atoms with Crippen LogP contribution < -0.4 is 0 Å². The van der Waals surface area contributed by atoms with E-state index < -0.39 is 0 Å². The van der Waals surface area contributed by atoms with E-state index in [4.69, 9.17) is 0 Å². The van der Waals surface area contributed by atoms with Crippen molar-refractivity contribution in [3.05, 3.63) is 71.8 Å². The predicted octanol–water partition coefficient (Wildman–Crippen LogP) is 6.75. The third-order valence-electron chi connectivity index (χ3n) is 4.97. The van der Waals surface area contributed by atoms with Crippen molar-refractivity contribution in [2.75, 3.05) is 0 Å². The average Bonchev–Trinajstić information content (AvgIpc) is 2.53. The van der Waals surface area contributed by atoms with Gasteiger partial charge in [-0.3, -0.25) is 0 Å². The van der Waals surface area contributed by atoms with Crippen molar-refractivity contribution in [2.24, 2.45) is 0 Å². The Labute approximate surface area is 137 Å². The van der Waals surface area contributed by atoms with E-state index in [0.29, 0.717) is 0 Å². The minimum atomic E-state index is 0.164. The molecule has 0 atom stereocenters. The topological polar surface area (TPSA) is 0 Å². The van der Waals surface area contributed by atoms with Crippen LogP contribution in [0.1, 0.15) is 31.9 Å². The molecule has 0 aliphatic rings. The van der Waals surface area contributed by atoms with E-state index in [-0.39, 0.29) is 5.41 Å². The molecule has 0 amide bonds. The van der Waals surface area contributed by atoms with E-state index in [1.165, 1.54) is 43.4 Å². The molecule has 0 spiro atoms. The van der Waals surface area contributed by atoms with Gasteiger partial charge in [-0.1, -0.05) is 81.4 Å². The van der Waals surface area contributed by atoms with E-state index in [2.05, 4.69) is 88.4 Å². The van der Waals surface area contributed by atoms with E-state index >= 15 is 0 Å². The molecule has 0 unspecified atom stereocenters. The number of hydrogen-bond acceptors (Lipinski definition) is 0. The lowest BCUT2D eigenvalue weighted by molar-refractivity contribution is 0.587. The molecular formula is C23H22. The molecule has 0 bridgehead atoms. The second-order valence-electron chi connectivity index (χ2n) is 7.53. The maximum Gasteiger partial charge on any atom is -0.00729 e. The van der Waals surface area contributed by atoms with Crippen LogP contribution in [-0.2, 0) is 5.41 Å². The highest BCUT2D eigenvalue weighted by Gasteiger charge is 2.18. The van der Waals surface area contributed by atoms with Gasteiger partial charge in [0, 0.05) is 0 Å². The molecule has 0 heterocycles. The van der Waals surface area contributed by atoms with Crippen molar-refractivity contribution in [1.82, 2.24) is 0 Å². The molecule has 0 heteroatoms. The van der Waals surface area contributed by atoms with Gasteiger partial charge in [0.25, 0.3) is 0 Å². The second-order valence-corrected chi connectivity index (χ2v) is 7.53. The van der Waals surface area contributed by atoms with Gasteiger partial charge in [0.05, 0.1) is 0 Å². The summed E-state index contributed by atoms with van der Waals surface area (Å²) in [6.07, 6.45) is 0. The molecule has 114 valence electrons. The maximum atomic E-state index is 2.30. The van der Waals surface area contributed by atoms with E-state index in [9.17, 15) is 0 Å². The molecule has 0 aliphatic carbocycles. The molecule has 4 aromatic rings. The zero-order chi connectivity index (χ0) is 16.2. The van der Waals surface area contributed by atoms with Crippen LogP contribution in [0.3, 0.4) is 0 Å². The van der Waals surface area contributed by atoms with E-state index in [0.717, 1.165) is 0 Å². The van der Waals surface area contributed by atoms with Crippen LogP contribution in [0.25, 0.3) is 32.3 Å². The lowest BCUT2D eigenvalue weighted by Crippen LogP contribution is -2.13. The first-order valence-electron chi connectivity index (χ1n) is 8.31. The molecule has 23 heavy (non-hydrogen) atoms. The number of fused-ring (bicyclic) bond motifs is 5. The summed E-state index contributed by atoms with van der Waals surface area (Å²) in [5.74, 6) is 0. The Morgan fingerprint density at radius 1 is 0.609 bits per heavy atom. The van der Waals surface area contributed by atoms with Crippen molar-refractivity contribution in [2.45, 2.75) is 33.1 Å². The van der Waals surface area contributed by atoms with Crippen LogP contribution in [0.4, 0.5) is 0 Å². The summed E-state index contributed by atoms with van der Waals surface area (Å²) in [4.78, 5) is 0. The molecule has 0 N–H and O–H groups in total. The smallest absolute Gasteiger partial charge is 0.00729 e. The Hall–Kier alpha value is -2.34. The van der Waals surface area contributed by atoms with Gasteiger partial charge in [-0.2, -0.15) is 0 Å². The summed E-state index contributed by atoms with van der Waals surface area (Å²) >= 11 is 0. The molecule has 4 aromatic carbocycles. The van der Waals surface area contributed by atoms with Crippen LogP contribution >= 0.6 is 0 Å². The lowest BCUT2D eigenvalue weighted by Gasteiger charge is -2.23. The Kier molecular flexibility index (Phi) is 2.99. The minimum absolute atomic E-state index is 0.164. The molecule has 4 rings (SSSR count). The number of benzene rings is 4. The summed E-state index contributed by atoms with van der Waals surface area (Å²) in [6, 6.07) is 22.3. The zero-order valence-electron chi connectivity index (χ0n) is 14.3. The van der Waals surface area contributed by atoms with Crippen molar-refractivity contribution in [3.8, 4) is 0 Å². The van der Waals surface area contributed by atoms with Gasteiger partial charge in [-0.25, -0.2) is 0 Å². The highest BCUT2D eigenvalue weighted by atomic mass is 14.2. The van der Waals surface area contributed by atoms with Gasteiger partial charge in [0.2, 0.25) is 0 Å². The third-order valence-corrected chi connectivity index (χ3v) is 4.97. The Morgan fingerprint density at radius 3 is 2.04 bits per heavy atom. The third kappa shape index (κ3) is 2.13. The summed E-state index contributed by atoms with van der Waals surface area (Å²) in [5, 5.41) is 8.10. The van der Waals surface area contributed by atoms with E-state index in [1.54, 1.807) is 0 Å². The lowest BCUT2D eigenvalue weighted by atomic mass is 9.81. The van der Waals surface area contributed by atoms with Gasteiger partial charge >= 0.3 is 0 Å². The number of rotatable bonds is 0. The molecule has 0 nitrogen and oxygen atoms in total. The zero-order valence-corrected chi connectivity index (χ0v) is 14.3. The SMILES string of the molecule is Cc1c(C(C)(C)C)ccc2ccc3c4ccccc4ccc3c12. The maximum absolute atomic E-state index is 2.30. The first kappa shape index (κ1) is 14.3. The van der Waals surface area contributed by atoms with Crippen molar-refractivity contribution in [3.63, 3.8) is 0 Å². The number of hydrogen-bond donors (Lipinski definition) is 0. The molecule has 0 fully saturated rings. The van der Waals surface area contributed by atoms with Crippen LogP contribution in [-0.4, -0.2) is 0 Å². The van der Waals surface area contributed by atoms with Gasteiger partial charge in [0.1, 0.15) is 0 Å². The van der Waals surface area contributed by atoms with Crippen LogP contribution in [0.5, 0.6) is 0 Å². The average molecular weight is 298 g/mol. The highest BCUT2D eigenvalue weighted by Crippen LogP contribution is 2.36. The van der Waals surface area contributed by atoms with Gasteiger partial charge in [-0.05, 0) is 55.8 Å². The summed E-state index contributed by atoms with van der Waals surface area (Å²) in [6.45, 7) is 9.16. The van der Waals surface area contributed by atoms with Crippen molar-refractivity contribution < 1.29 is 0 Å². The Morgan fingerprint density at radius 2 is 1.26 bits per heavy atom. The quantitative estimate of drug-likeness (QED) is 0.315. The molecule has 0 saturated carbocycles. The highest BCUT2D eigenvalue weighted by molar-refractivity contribution is 6.18. The fourth-order valence-electron chi connectivity index (χ4n) is 3.91. The van der Waals surface area contributed by atoms with Crippen LogP contribution in [0.15, 0.2) is 60.7 Å². The van der Waals surface area contributed by atoms with Crippen molar-refractivity contribution >= 4 is 32.3 Å². The molecular weight excluding hydrogens is 276 g/mol. The largest absolute Gasteiger partial charge is 0.0616 e. The normalized spacial score (nSPS) is 12.3. The Balaban J connectivity index is 2.21. The predicted molar refractivity (Wildman–Crippen MR) is 102 cm³/mol. The minimum Gasteiger partial charge on any atom is -0.0616 e.